The van der Waals surface area contributed by atoms with Crippen LogP contribution in [0.3, 0.4) is 0 Å². The molecule has 1 aliphatic rings. The molecule has 0 bridgehead atoms. The highest BCUT2D eigenvalue weighted by Crippen LogP contribution is 2.25. The van der Waals surface area contributed by atoms with E-state index in [9.17, 15) is 4.79 Å². The molecule has 0 N–H and O–H groups in total. The number of nitrogens with zero attached hydrogens (tertiary/aromatic N) is 1. The van der Waals surface area contributed by atoms with Crippen LogP contribution in [-0.2, 0) is 14.9 Å². The van der Waals surface area contributed by atoms with Gasteiger partial charge in [0.05, 0.1) is 7.11 Å². The number of methoxy groups -OCH3 is 1. The number of hydrogen-bond acceptors (Lipinski definition) is 3. The van der Waals surface area contributed by atoms with E-state index >= 15 is 0 Å². The van der Waals surface area contributed by atoms with Crippen LogP contribution >= 0.6 is 0 Å². The first-order chi connectivity index (χ1) is 10.4. The summed E-state index contributed by atoms with van der Waals surface area (Å²) in [5.74, 6) is -0.283. The largest absolute Gasteiger partial charge is 0.466 e. The minimum Gasteiger partial charge on any atom is -0.466 e. The van der Waals surface area contributed by atoms with Crippen molar-refractivity contribution < 1.29 is 9.53 Å². The van der Waals surface area contributed by atoms with Gasteiger partial charge in [0.15, 0.2) is 0 Å². The molecule has 0 aliphatic carbocycles. The third-order valence-electron chi connectivity index (χ3n) is 4.21. The highest BCUT2D eigenvalue weighted by atomic mass is 16.5. The fourth-order valence-corrected chi connectivity index (χ4v) is 2.79. The molecule has 0 radical (unpaired) electrons. The van der Waals surface area contributed by atoms with Gasteiger partial charge < -0.3 is 4.74 Å². The molecule has 1 saturated heterocycles. The SMILES string of the molecule is COC(=O)C=C(CN1CCCC1)c1ccc(C(C)(C)C)cc1. The van der Waals surface area contributed by atoms with Gasteiger partial charge >= 0.3 is 5.97 Å². The van der Waals surface area contributed by atoms with E-state index in [1.54, 1.807) is 6.08 Å². The first-order valence-corrected chi connectivity index (χ1v) is 8.02. The van der Waals surface area contributed by atoms with Crippen LogP contribution in [0.5, 0.6) is 0 Å². The Labute approximate surface area is 134 Å². The molecule has 1 aromatic rings. The zero-order chi connectivity index (χ0) is 16.2. The smallest absolute Gasteiger partial charge is 0.330 e. The van der Waals surface area contributed by atoms with Gasteiger partial charge in [0.25, 0.3) is 0 Å². The van der Waals surface area contributed by atoms with Crippen LogP contribution in [0.25, 0.3) is 5.57 Å². The molecule has 22 heavy (non-hydrogen) atoms. The summed E-state index contributed by atoms with van der Waals surface area (Å²) >= 11 is 0. The topological polar surface area (TPSA) is 29.5 Å². The molecular formula is C19H27NO2. The van der Waals surface area contributed by atoms with Gasteiger partial charge in [0, 0.05) is 12.6 Å². The minimum absolute atomic E-state index is 0.139. The van der Waals surface area contributed by atoms with E-state index in [2.05, 4.69) is 49.9 Å². The average Bonchev–Trinajstić information content (AvgIpc) is 2.98. The Hall–Kier alpha value is -1.61. The van der Waals surface area contributed by atoms with Gasteiger partial charge in [-0.2, -0.15) is 0 Å². The summed E-state index contributed by atoms with van der Waals surface area (Å²) in [6, 6.07) is 8.55. The monoisotopic (exact) mass is 301 g/mol. The lowest BCUT2D eigenvalue weighted by Gasteiger charge is -2.21. The van der Waals surface area contributed by atoms with Gasteiger partial charge in [0.1, 0.15) is 0 Å². The molecule has 1 heterocycles. The van der Waals surface area contributed by atoms with E-state index in [-0.39, 0.29) is 11.4 Å². The lowest BCUT2D eigenvalue weighted by Crippen LogP contribution is -2.22. The summed E-state index contributed by atoms with van der Waals surface area (Å²) in [5.41, 5.74) is 3.58. The third-order valence-corrected chi connectivity index (χ3v) is 4.21. The lowest BCUT2D eigenvalue weighted by molar-refractivity contribution is -0.134. The van der Waals surface area contributed by atoms with Crippen LogP contribution in [0.4, 0.5) is 0 Å². The predicted octanol–water partition coefficient (Wildman–Crippen LogP) is 3.64. The van der Waals surface area contributed by atoms with Crippen LogP contribution in [0.1, 0.15) is 44.7 Å². The number of carbonyl (C=O) groups is 1. The molecule has 0 aromatic heterocycles. The molecular weight excluding hydrogens is 274 g/mol. The maximum absolute atomic E-state index is 11.7. The molecule has 0 saturated carbocycles. The van der Waals surface area contributed by atoms with Crippen molar-refractivity contribution in [1.29, 1.82) is 0 Å². The van der Waals surface area contributed by atoms with Crippen LogP contribution in [0, 0.1) is 0 Å². The molecule has 0 unspecified atom stereocenters. The third kappa shape index (κ3) is 4.44. The van der Waals surface area contributed by atoms with E-state index in [0.717, 1.165) is 30.8 Å². The van der Waals surface area contributed by atoms with E-state index in [0.29, 0.717) is 0 Å². The van der Waals surface area contributed by atoms with Crippen LogP contribution in [0.15, 0.2) is 30.3 Å². The first kappa shape index (κ1) is 16.8. The van der Waals surface area contributed by atoms with Gasteiger partial charge in [-0.25, -0.2) is 4.79 Å². The van der Waals surface area contributed by atoms with Crippen molar-refractivity contribution in [1.82, 2.24) is 4.90 Å². The van der Waals surface area contributed by atoms with Gasteiger partial charge in [-0.3, -0.25) is 4.90 Å². The summed E-state index contributed by atoms with van der Waals surface area (Å²) in [6.07, 6.45) is 4.12. The molecule has 2 rings (SSSR count). The number of rotatable bonds is 4. The molecule has 1 fully saturated rings. The predicted molar refractivity (Wildman–Crippen MR) is 90.8 cm³/mol. The fraction of sp³-hybridized carbons (Fsp3) is 0.526. The number of ether oxygens (including phenoxy) is 1. The molecule has 0 atom stereocenters. The summed E-state index contributed by atoms with van der Waals surface area (Å²) in [7, 11) is 1.43. The van der Waals surface area contributed by atoms with Gasteiger partial charge in [-0.1, -0.05) is 45.0 Å². The molecule has 0 spiro atoms. The van der Waals surface area contributed by atoms with E-state index < -0.39 is 0 Å². The van der Waals surface area contributed by atoms with Crippen molar-refractivity contribution in [2.45, 2.75) is 39.0 Å². The zero-order valence-electron chi connectivity index (χ0n) is 14.2. The Kier molecular flexibility index (Phi) is 5.41. The van der Waals surface area contributed by atoms with Crippen molar-refractivity contribution >= 4 is 11.5 Å². The van der Waals surface area contributed by atoms with Gasteiger partial charge in [-0.15, -0.1) is 0 Å². The molecule has 0 amide bonds. The summed E-state index contributed by atoms with van der Waals surface area (Å²) in [4.78, 5) is 14.1. The number of likely N-dealkylation sites (tertiary alicyclic amines) is 1. The zero-order valence-corrected chi connectivity index (χ0v) is 14.2. The van der Waals surface area contributed by atoms with Gasteiger partial charge in [-0.05, 0) is 48.0 Å². The highest BCUT2D eigenvalue weighted by molar-refractivity contribution is 5.91. The second-order valence-electron chi connectivity index (χ2n) is 7.00. The molecule has 1 aromatic carbocycles. The standard InChI is InChI=1S/C19H27NO2/c1-19(2,3)17-9-7-15(8-10-17)16(13-18(21)22-4)14-20-11-5-6-12-20/h7-10,13H,5-6,11-12,14H2,1-4H3. The van der Waals surface area contributed by atoms with Crippen LogP contribution in [-0.4, -0.2) is 37.6 Å². The number of hydrogen-bond donors (Lipinski definition) is 0. The van der Waals surface area contributed by atoms with Crippen molar-refractivity contribution in [3.8, 4) is 0 Å². The number of esters is 1. The van der Waals surface area contributed by atoms with E-state index in [4.69, 9.17) is 4.74 Å². The summed E-state index contributed by atoms with van der Waals surface area (Å²) < 4.78 is 4.81. The second-order valence-corrected chi connectivity index (χ2v) is 7.00. The van der Waals surface area contributed by atoms with Crippen LogP contribution in [0.2, 0.25) is 0 Å². The van der Waals surface area contributed by atoms with Crippen molar-refractivity contribution in [3.05, 3.63) is 41.5 Å². The van der Waals surface area contributed by atoms with Crippen molar-refractivity contribution in [3.63, 3.8) is 0 Å². The number of benzene rings is 1. The molecule has 3 heteroatoms. The van der Waals surface area contributed by atoms with Crippen molar-refractivity contribution in [2.75, 3.05) is 26.7 Å². The van der Waals surface area contributed by atoms with Crippen LogP contribution < -0.4 is 0 Å². The van der Waals surface area contributed by atoms with E-state index in [1.807, 2.05) is 0 Å². The summed E-state index contributed by atoms with van der Waals surface area (Å²) in [6.45, 7) is 9.65. The highest BCUT2D eigenvalue weighted by Gasteiger charge is 2.17. The summed E-state index contributed by atoms with van der Waals surface area (Å²) in [5, 5.41) is 0. The Morgan fingerprint density at radius 1 is 1.18 bits per heavy atom. The van der Waals surface area contributed by atoms with E-state index in [1.165, 1.54) is 25.5 Å². The maximum atomic E-state index is 11.7. The first-order valence-electron chi connectivity index (χ1n) is 8.02. The maximum Gasteiger partial charge on any atom is 0.330 e. The lowest BCUT2D eigenvalue weighted by atomic mass is 9.86. The Balaban J connectivity index is 2.23. The van der Waals surface area contributed by atoms with Crippen molar-refractivity contribution in [2.24, 2.45) is 0 Å². The molecule has 3 nitrogen and oxygen atoms in total. The molecule has 120 valence electrons. The fourth-order valence-electron chi connectivity index (χ4n) is 2.79. The molecule has 1 aliphatic heterocycles. The van der Waals surface area contributed by atoms with Gasteiger partial charge in [0.2, 0.25) is 0 Å². The Bertz CT molecular complexity index is 532. The second kappa shape index (κ2) is 7.10. The number of carbonyl (C=O) groups excluding carboxylic acids is 1. The Morgan fingerprint density at radius 3 is 2.27 bits per heavy atom. The minimum atomic E-state index is -0.283. The Morgan fingerprint density at radius 2 is 1.77 bits per heavy atom. The normalized spacial score (nSPS) is 16.8. The quantitative estimate of drug-likeness (QED) is 0.628. The average molecular weight is 301 g/mol.